The number of hydrogen-bond acceptors (Lipinski definition) is 3. The predicted octanol–water partition coefficient (Wildman–Crippen LogP) is 2.29. The molecule has 0 aromatic carbocycles. The second-order valence-electron chi connectivity index (χ2n) is 4.71. The van der Waals surface area contributed by atoms with Crippen molar-refractivity contribution in [1.82, 2.24) is 5.32 Å². The van der Waals surface area contributed by atoms with Crippen LogP contribution in [0.25, 0.3) is 0 Å². The third-order valence-electron chi connectivity index (χ3n) is 3.17. The first kappa shape index (κ1) is 11.7. The fraction of sp³-hybridized carbons (Fsp3) is 1.00. The Balaban J connectivity index is 1.37. The van der Waals surface area contributed by atoms with E-state index in [0.717, 1.165) is 31.7 Å². The van der Waals surface area contributed by atoms with Crippen LogP contribution in [0.4, 0.5) is 0 Å². The summed E-state index contributed by atoms with van der Waals surface area (Å²) < 4.78 is 5.60. The zero-order valence-electron chi connectivity index (χ0n) is 9.54. The molecule has 0 unspecified atom stereocenters. The van der Waals surface area contributed by atoms with Gasteiger partial charge in [0.1, 0.15) is 0 Å². The molecule has 0 amide bonds. The quantitative estimate of drug-likeness (QED) is 0.677. The van der Waals surface area contributed by atoms with Crippen molar-refractivity contribution in [3.8, 4) is 0 Å². The lowest BCUT2D eigenvalue weighted by Gasteiger charge is -2.22. The van der Waals surface area contributed by atoms with Crippen molar-refractivity contribution >= 4 is 11.8 Å². The fourth-order valence-electron chi connectivity index (χ4n) is 1.92. The summed E-state index contributed by atoms with van der Waals surface area (Å²) in [6, 6.07) is 0.787. The van der Waals surface area contributed by atoms with Crippen LogP contribution in [0.2, 0.25) is 0 Å². The molecular weight excluding hydrogens is 206 g/mol. The average Bonchev–Trinajstić information content (AvgIpc) is 3.09. The summed E-state index contributed by atoms with van der Waals surface area (Å²) in [4.78, 5) is 0. The molecule has 2 aliphatic rings. The lowest BCUT2D eigenvalue weighted by Crippen LogP contribution is -2.33. The third-order valence-corrected chi connectivity index (χ3v) is 4.22. The summed E-state index contributed by atoms with van der Waals surface area (Å²) in [5.41, 5.74) is 0. The number of thioether (sulfide) groups is 1. The Morgan fingerprint density at radius 3 is 2.67 bits per heavy atom. The normalized spacial score (nSPS) is 23.2. The van der Waals surface area contributed by atoms with E-state index in [2.05, 4.69) is 17.1 Å². The van der Waals surface area contributed by atoms with Crippen LogP contribution in [0.1, 0.15) is 32.1 Å². The first-order valence-corrected chi connectivity index (χ1v) is 7.49. The van der Waals surface area contributed by atoms with Gasteiger partial charge in [-0.2, -0.15) is 11.8 Å². The molecule has 1 aliphatic heterocycles. The molecule has 0 aromatic rings. The lowest BCUT2D eigenvalue weighted by atomic mass is 10.1. The van der Waals surface area contributed by atoms with Crippen molar-refractivity contribution in [1.29, 1.82) is 0 Å². The molecular formula is C12H23NOS. The van der Waals surface area contributed by atoms with Crippen LogP contribution in [0.15, 0.2) is 0 Å². The van der Waals surface area contributed by atoms with E-state index in [0.29, 0.717) is 0 Å². The molecule has 2 fully saturated rings. The SMILES string of the molecule is C(CNC1CCSCC1)COCC1CC1. The monoisotopic (exact) mass is 229 g/mol. The van der Waals surface area contributed by atoms with E-state index in [1.165, 1.54) is 43.6 Å². The molecule has 15 heavy (non-hydrogen) atoms. The Hall–Kier alpha value is 0.270. The molecule has 1 N–H and O–H groups in total. The van der Waals surface area contributed by atoms with Crippen molar-refractivity contribution in [3.05, 3.63) is 0 Å². The molecule has 88 valence electrons. The molecule has 1 aliphatic carbocycles. The van der Waals surface area contributed by atoms with E-state index in [9.17, 15) is 0 Å². The second kappa shape index (κ2) is 6.77. The lowest BCUT2D eigenvalue weighted by molar-refractivity contribution is 0.121. The first-order chi connectivity index (χ1) is 7.45. The maximum atomic E-state index is 5.60. The largest absolute Gasteiger partial charge is 0.381 e. The Morgan fingerprint density at radius 2 is 1.93 bits per heavy atom. The van der Waals surface area contributed by atoms with Crippen molar-refractivity contribution < 1.29 is 4.74 Å². The smallest absolute Gasteiger partial charge is 0.0494 e. The van der Waals surface area contributed by atoms with Crippen LogP contribution in [-0.4, -0.2) is 37.3 Å². The minimum absolute atomic E-state index is 0.787. The minimum Gasteiger partial charge on any atom is -0.381 e. The molecule has 2 rings (SSSR count). The average molecular weight is 229 g/mol. The van der Waals surface area contributed by atoms with Crippen LogP contribution in [0.3, 0.4) is 0 Å². The van der Waals surface area contributed by atoms with Crippen LogP contribution in [0, 0.1) is 5.92 Å². The topological polar surface area (TPSA) is 21.3 Å². The minimum atomic E-state index is 0.787. The number of nitrogens with one attached hydrogen (secondary N) is 1. The predicted molar refractivity (Wildman–Crippen MR) is 66.5 cm³/mol. The maximum Gasteiger partial charge on any atom is 0.0494 e. The van der Waals surface area contributed by atoms with E-state index in [4.69, 9.17) is 4.74 Å². The molecule has 0 aromatic heterocycles. The van der Waals surface area contributed by atoms with Gasteiger partial charge in [0.25, 0.3) is 0 Å². The molecule has 0 atom stereocenters. The van der Waals surface area contributed by atoms with Gasteiger partial charge < -0.3 is 10.1 Å². The van der Waals surface area contributed by atoms with Crippen molar-refractivity contribution in [2.75, 3.05) is 31.3 Å². The fourth-order valence-corrected chi connectivity index (χ4v) is 3.02. The summed E-state index contributed by atoms with van der Waals surface area (Å²) in [5.74, 6) is 3.60. The van der Waals surface area contributed by atoms with Crippen molar-refractivity contribution in [3.63, 3.8) is 0 Å². The van der Waals surface area contributed by atoms with E-state index in [1.54, 1.807) is 0 Å². The van der Waals surface area contributed by atoms with Crippen molar-refractivity contribution in [2.45, 2.75) is 38.1 Å². The first-order valence-electron chi connectivity index (χ1n) is 6.34. The zero-order chi connectivity index (χ0) is 10.3. The van der Waals surface area contributed by atoms with Gasteiger partial charge in [0.15, 0.2) is 0 Å². The highest BCUT2D eigenvalue weighted by Gasteiger charge is 2.20. The standard InChI is InChI=1S/C12H23NOS/c1(7-14-10-11-2-3-11)6-13-12-4-8-15-9-5-12/h11-13H,1-10H2. The molecule has 0 radical (unpaired) electrons. The van der Waals surface area contributed by atoms with Gasteiger partial charge in [-0.15, -0.1) is 0 Å². The van der Waals surface area contributed by atoms with Gasteiger partial charge in [0, 0.05) is 19.3 Å². The molecule has 1 heterocycles. The van der Waals surface area contributed by atoms with Gasteiger partial charge >= 0.3 is 0 Å². The molecule has 2 nitrogen and oxygen atoms in total. The summed E-state index contributed by atoms with van der Waals surface area (Å²) in [7, 11) is 0. The Morgan fingerprint density at radius 1 is 1.13 bits per heavy atom. The van der Waals surface area contributed by atoms with Gasteiger partial charge in [-0.3, -0.25) is 0 Å². The Bertz CT molecular complexity index is 167. The molecule has 3 heteroatoms. The van der Waals surface area contributed by atoms with Crippen LogP contribution in [0.5, 0.6) is 0 Å². The number of ether oxygens (including phenoxy) is 1. The molecule has 1 saturated heterocycles. The summed E-state index contributed by atoms with van der Waals surface area (Å²) in [6.07, 6.45) is 6.69. The Labute approximate surface area is 97.5 Å². The maximum absolute atomic E-state index is 5.60. The van der Waals surface area contributed by atoms with E-state index >= 15 is 0 Å². The second-order valence-corrected chi connectivity index (χ2v) is 5.94. The van der Waals surface area contributed by atoms with Crippen LogP contribution >= 0.6 is 11.8 Å². The van der Waals surface area contributed by atoms with Gasteiger partial charge in [0.05, 0.1) is 0 Å². The number of rotatable bonds is 7. The van der Waals surface area contributed by atoms with Gasteiger partial charge in [-0.1, -0.05) is 0 Å². The summed E-state index contributed by atoms with van der Waals surface area (Å²) in [6.45, 7) is 3.10. The van der Waals surface area contributed by atoms with E-state index in [1.807, 2.05) is 0 Å². The summed E-state index contributed by atoms with van der Waals surface area (Å²) >= 11 is 2.09. The van der Waals surface area contributed by atoms with Gasteiger partial charge in [-0.05, 0) is 56.1 Å². The van der Waals surface area contributed by atoms with Gasteiger partial charge in [-0.25, -0.2) is 0 Å². The molecule has 0 bridgehead atoms. The summed E-state index contributed by atoms with van der Waals surface area (Å²) in [5, 5.41) is 3.63. The third kappa shape index (κ3) is 5.23. The number of hydrogen-bond donors (Lipinski definition) is 1. The van der Waals surface area contributed by atoms with E-state index in [-0.39, 0.29) is 0 Å². The van der Waals surface area contributed by atoms with Crippen LogP contribution < -0.4 is 5.32 Å². The highest BCUT2D eigenvalue weighted by molar-refractivity contribution is 7.99. The van der Waals surface area contributed by atoms with E-state index < -0.39 is 0 Å². The van der Waals surface area contributed by atoms with Crippen molar-refractivity contribution in [2.24, 2.45) is 5.92 Å². The highest BCUT2D eigenvalue weighted by Crippen LogP contribution is 2.28. The van der Waals surface area contributed by atoms with Crippen LogP contribution in [-0.2, 0) is 4.74 Å². The Kier molecular flexibility index (Phi) is 5.30. The zero-order valence-corrected chi connectivity index (χ0v) is 10.4. The molecule has 0 spiro atoms. The highest BCUT2D eigenvalue weighted by atomic mass is 32.2. The molecule has 1 saturated carbocycles. The van der Waals surface area contributed by atoms with Gasteiger partial charge in [0.2, 0.25) is 0 Å².